The Morgan fingerprint density at radius 1 is 1.31 bits per heavy atom. The molecule has 148 valence electrons. The Labute approximate surface area is 160 Å². The van der Waals surface area contributed by atoms with Crippen LogP contribution in [0.1, 0.15) is 71.6 Å². The van der Waals surface area contributed by atoms with Crippen molar-refractivity contribution in [2.24, 2.45) is 5.92 Å². The van der Waals surface area contributed by atoms with Gasteiger partial charge in [-0.1, -0.05) is 38.8 Å². The minimum atomic E-state index is -0.415. The molecule has 1 saturated heterocycles. The summed E-state index contributed by atoms with van der Waals surface area (Å²) in [6.07, 6.45) is 12.6. The number of methoxy groups -OCH3 is 1. The molecule has 1 rings (SSSR count). The molecular formula is C22H37NO3. The molecule has 0 aromatic rings. The molecule has 0 radical (unpaired) electrons. The lowest BCUT2D eigenvalue weighted by molar-refractivity contribution is -0.140. The van der Waals surface area contributed by atoms with Crippen molar-refractivity contribution in [2.75, 3.05) is 20.2 Å². The maximum Gasteiger partial charge on any atom is 0.305 e. The first-order valence-electron chi connectivity index (χ1n) is 10.2. The van der Waals surface area contributed by atoms with Gasteiger partial charge in [-0.2, -0.15) is 0 Å². The predicted molar refractivity (Wildman–Crippen MR) is 107 cm³/mol. The summed E-state index contributed by atoms with van der Waals surface area (Å²) in [5.74, 6) is 6.26. The zero-order chi connectivity index (χ0) is 19.2. The Morgan fingerprint density at radius 2 is 2.08 bits per heavy atom. The van der Waals surface area contributed by atoms with Crippen LogP contribution in [0.3, 0.4) is 0 Å². The highest BCUT2D eigenvalue weighted by Gasteiger charge is 2.22. The largest absolute Gasteiger partial charge is 0.469 e. The first-order valence-corrected chi connectivity index (χ1v) is 10.2. The van der Waals surface area contributed by atoms with Crippen molar-refractivity contribution in [3.63, 3.8) is 0 Å². The van der Waals surface area contributed by atoms with Gasteiger partial charge in [0.2, 0.25) is 0 Å². The Morgan fingerprint density at radius 3 is 2.81 bits per heavy atom. The van der Waals surface area contributed by atoms with Gasteiger partial charge in [0.05, 0.1) is 13.2 Å². The molecule has 3 atom stereocenters. The van der Waals surface area contributed by atoms with Crippen LogP contribution in [0.15, 0.2) is 12.2 Å². The lowest BCUT2D eigenvalue weighted by Crippen LogP contribution is -2.29. The van der Waals surface area contributed by atoms with Crippen molar-refractivity contribution < 1.29 is 14.6 Å². The van der Waals surface area contributed by atoms with Gasteiger partial charge in [-0.05, 0) is 44.7 Å². The number of nitrogens with zero attached hydrogens (tertiary/aromatic N) is 1. The molecule has 4 heteroatoms. The lowest BCUT2D eigenvalue weighted by atomic mass is 10.00. The van der Waals surface area contributed by atoms with Gasteiger partial charge in [0.25, 0.3) is 0 Å². The number of carbonyl (C=O) groups excluding carboxylic acids is 1. The molecule has 0 saturated carbocycles. The fourth-order valence-electron chi connectivity index (χ4n) is 3.30. The van der Waals surface area contributed by atoms with Gasteiger partial charge in [0.1, 0.15) is 0 Å². The summed E-state index contributed by atoms with van der Waals surface area (Å²) in [5.41, 5.74) is 0. The highest BCUT2D eigenvalue weighted by atomic mass is 16.5. The number of esters is 1. The number of aliphatic hydroxyl groups is 1. The maximum atomic E-state index is 11.1. The minimum absolute atomic E-state index is 0.108. The van der Waals surface area contributed by atoms with Crippen molar-refractivity contribution in [3.05, 3.63) is 12.2 Å². The Kier molecular flexibility index (Phi) is 12.1. The third kappa shape index (κ3) is 9.40. The van der Waals surface area contributed by atoms with Crippen molar-refractivity contribution >= 4 is 5.97 Å². The molecular weight excluding hydrogens is 326 g/mol. The van der Waals surface area contributed by atoms with E-state index in [0.717, 1.165) is 51.6 Å². The van der Waals surface area contributed by atoms with Crippen LogP contribution in [0.5, 0.6) is 0 Å². The van der Waals surface area contributed by atoms with E-state index in [-0.39, 0.29) is 11.9 Å². The van der Waals surface area contributed by atoms with Gasteiger partial charge >= 0.3 is 5.97 Å². The highest BCUT2D eigenvalue weighted by molar-refractivity contribution is 5.68. The van der Waals surface area contributed by atoms with Crippen LogP contribution in [0.4, 0.5) is 0 Å². The van der Waals surface area contributed by atoms with Crippen molar-refractivity contribution in [1.29, 1.82) is 0 Å². The summed E-state index contributed by atoms with van der Waals surface area (Å²) in [6.45, 7) is 6.34. The topological polar surface area (TPSA) is 49.8 Å². The van der Waals surface area contributed by atoms with Crippen molar-refractivity contribution in [1.82, 2.24) is 4.90 Å². The molecule has 1 fully saturated rings. The monoisotopic (exact) mass is 363 g/mol. The molecule has 0 aromatic heterocycles. The quantitative estimate of drug-likeness (QED) is 0.261. The van der Waals surface area contributed by atoms with E-state index < -0.39 is 6.10 Å². The zero-order valence-corrected chi connectivity index (χ0v) is 16.9. The summed E-state index contributed by atoms with van der Waals surface area (Å²) in [6, 6.07) is 0.452. The molecule has 1 unspecified atom stereocenters. The molecule has 0 bridgehead atoms. The summed E-state index contributed by atoms with van der Waals surface area (Å²) in [4.78, 5) is 13.6. The number of rotatable bonds is 11. The molecule has 1 aliphatic heterocycles. The normalized spacial score (nSPS) is 19.9. The van der Waals surface area contributed by atoms with E-state index in [1.165, 1.54) is 20.0 Å². The van der Waals surface area contributed by atoms with Gasteiger partial charge in [0.15, 0.2) is 0 Å². The van der Waals surface area contributed by atoms with Crippen LogP contribution >= 0.6 is 0 Å². The van der Waals surface area contributed by atoms with E-state index in [0.29, 0.717) is 12.5 Å². The van der Waals surface area contributed by atoms with Gasteiger partial charge in [-0.25, -0.2) is 0 Å². The molecule has 4 nitrogen and oxygen atoms in total. The van der Waals surface area contributed by atoms with Gasteiger partial charge in [0, 0.05) is 25.3 Å². The number of ether oxygens (including phenoxy) is 1. The van der Waals surface area contributed by atoms with E-state index >= 15 is 0 Å². The number of likely N-dealkylation sites (tertiary alicyclic amines) is 1. The Bertz CT molecular complexity index is 478. The van der Waals surface area contributed by atoms with Crippen LogP contribution in [0.25, 0.3) is 0 Å². The second-order valence-corrected chi connectivity index (χ2v) is 7.25. The molecule has 0 aliphatic carbocycles. The third-order valence-corrected chi connectivity index (χ3v) is 5.06. The molecule has 1 aliphatic rings. The van der Waals surface area contributed by atoms with E-state index in [9.17, 15) is 9.90 Å². The maximum absolute atomic E-state index is 11.1. The van der Waals surface area contributed by atoms with Crippen LogP contribution < -0.4 is 0 Å². The molecule has 0 spiro atoms. The zero-order valence-electron chi connectivity index (χ0n) is 16.9. The lowest BCUT2D eigenvalue weighted by Gasteiger charge is -2.22. The van der Waals surface area contributed by atoms with Gasteiger partial charge in [-0.15, -0.1) is 11.8 Å². The number of unbranched alkanes of at least 4 members (excludes halogenated alkanes) is 3. The third-order valence-electron chi connectivity index (χ3n) is 5.06. The van der Waals surface area contributed by atoms with E-state index in [1.54, 1.807) is 0 Å². The standard InChI is InChI=1S/C22H37NO3/c1-4-5-8-12-19(2)21(24)16-15-20-13-11-18-23(20)17-10-7-6-9-14-22(25)26-3/h15-16,19-21,24H,4,6-7,9-14,17-18H2,1-3H3/b16-15+/t19?,20-,21-/m1/s1. The average molecular weight is 364 g/mol. The predicted octanol–water partition coefficient (Wildman–Crippen LogP) is 3.93. The SMILES string of the molecule is CCC#CCC(C)[C@H](O)/C=C/[C@H]1CCCN1CCCCCCC(=O)OC. The number of carbonyl (C=O) groups is 1. The molecule has 0 aromatic carbocycles. The molecule has 0 amide bonds. The first kappa shape index (κ1) is 22.7. The smallest absolute Gasteiger partial charge is 0.305 e. The van der Waals surface area contributed by atoms with E-state index in [4.69, 9.17) is 0 Å². The second kappa shape index (κ2) is 13.8. The fourth-order valence-corrected chi connectivity index (χ4v) is 3.30. The second-order valence-electron chi connectivity index (χ2n) is 7.25. The van der Waals surface area contributed by atoms with E-state index in [1.807, 2.05) is 13.0 Å². The van der Waals surface area contributed by atoms with Crippen molar-refractivity contribution in [2.45, 2.75) is 83.8 Å². The van der Waals surface area contributed by atoms with Gasteiger partial charge in [-0.3, -0.25) is 9.69 Å². The summed E-state index contributed by atoms with van der Waals surface area (Å²) >= 11 is 0. The van der Waals surface area contributed by atoms with Crippen LogP contribution in [-0.4, -0.2) is 48.3 Å². The van der Waals surface area contributed by atoms with E-state index in [2.05, 4.69) is 34.5 Å². The number of hydrogen-bond acceptors (Lipinski definition) is 4. The Balaban J connectivity index is 2.26. The average Bonchev–Trinajstić information content (AvgIpc) is 3.09. The minimum Gasteiger partial charge on any atom is -0.469 e. The summed E-state index contributed by atoms with van der Waals surface area (Å²) in [7, 11) is 1.44. The fraction of sp³-hybridized carbons (Fsp3) is 0.773. The first-order chi connectivity index (χ1) is 12.6. The van der Waals surface area contributed by atoms with Crippen LogP contribution in [-0.2, 0) is 9.53 Å². The summed E-state index contributed by atoms with van der Waals surface area (Å²) in [5, 5.41) is 10.3. The van der Waals surface area contributed by atoms with Crippen molar-refractivity contribution in [3.8, 4) is 11.8 Å². The number of hydrogen-bond donors (Lipinski definition) is 1. The Hall–Kier alpha value is -1.31. The number of aliphatic hydroxyl groups excluding tert-OH is 1. The van der Waals surface area contributed by atoms with Crippen LogP contribution in [0.2, 0.25) is 0 Å². The molecule has 26 heavy (non-hydrogen) atoms. The molecule has 1 heterocycles. The summed E-state index contributed by atoms with van der Waals surface area (Å²) < 4.78 is 4.66. The molecule has 1 N–H and O–H groups in total. The van der Waals surface area contributed by atoms with Crippen LogP contribution in [0, 0.1) is 17.8 Å². The van der Waals surface area contributed by atoms with Gasteiger partial charge < -0.3 is 9.84 Å². The highest BCUT2D eigenvalue weighted by Crippen LogP contribution is 2.20.